The lowest BCUT2D eigenvalue weighted by Crippen LogP contribution is -2.49. The molecule has 1 aromatic rings. The number of rotatable bonds is 4. The lowest BCUT2D eigenvalue weighted by Gasteiger charge is -2.34. The second-order valence-corrected chi connectivity index (χ2v) is 6.29. The first kappa shape index (κ1) is 13.6. The molecule has 1 aromatic carbocycles. The summed E-state index contributed by atoms with van der Waals surface area (Å²) in [6, 6.07) is 8.27. The van der Waals surface area contributed by atoms with E-state index >= 15 is 0 Å². The molecule has 2 fully saturated rings. The van der Waals surface area contributed by atoms with Crippen LogP contribution in [0.5, 0.6) is 0 Å². The summed E-state index contributed by atoms with van der Waals surface area (Å²) in [5.41, 5.74) is 2.36. The second kappa shape index (κ2) is 5.96. The van der Waals surface area contributed by atoms with Crippen molar-refractivity contribution >= 4 is 5.91 Å². The van der Waals surface area contributed by atoms with Gasteiger partial charge in [0.2, 0.25) is 5.91 Å². The number of piperazine rings is 1. The maximum absolute atomic E-state index is 12.3. The van der Waals surface area contributed by atoms with E-state index in [9.17, 15) is 4.79 Å². The number of amides is 1. The molecule has 0 N–H and O–H groups in total. The molecule has 1 aliphatic carbocycles. The molecule has 108 valence electrons. The SMILES string of the molecule is Cc1cccc(CC(=O)N2CCN(CC3CC3)CC2)c1. The summed E-state index contributed by atoms with van der Waals surface area (Å²) >= 11 is 0. The Balaban J connectivity index is 1.48. The van der Waals surface area contributed by atoms with Crippen molar-refractivity contribution in [1.29, 1.82) is 0 Å². The molecule has 3 heteroatoms. The maximum Gasteiger partial charge on any atom is 0.227 e. The molecule has 1 saturated carbocycles. The van der Waals surface area contributed by atoms with E-state index < -0.39 is 0 Å². The predicted molar refractivity (Wildman–Crippen MR) is 80.6 cm³/mol. The number of hydrogen-bond acceptors (Lipinski definition) is 2. The standard InChI is InChI=1S/C17H24N2O/c1-14-3-2-4-16(11-14)12-17(20)19-9-7-18(8-10-19)13-15-5-6-15/h2-4,11,15H,5-10,12-13H2,1H3. The van der Waals surface area contributed by atoms with Crippen LogP contribution in [0.2, 0.25) is 0 Å². The summed E-state index contributed by atoms with van der Waals surface area (Å²) in [6.07, 6.45) is 3.36. The smallest absolute Gasteiger partial charge is 0.227 e. The Kier molecular flexibility index (Phi) is 4.06. The van der Waals surface area contributed by atoms with E-state index in [0.29, 0.717) is 6.42 Å². The van der Waals surface area contributed by atoms with Crippen molar-refractivity contribution in [2.45, 2.75) is 26.2 Å². The Morgan fingerprint density at radius 1 is 1.20 bits per heavy atom. The maximum atomic E-state index is 12.3. The Hall–Kier alpha value is -1.35. The topological polar surface area (TPSA) is 23.6 Å². The number of aryl methyl sites for hydroxylation is 1. The van der Waals surface area contributed by atoms with Gasteiger partial charge in [-0.3, -0.25) is 9.69 Å². The van der Waals surface area contributed by atoms with Crippen LogP contribution in [0.15, 0.2) is 24.3 Å². The van der Waals surface area contributed by atoms with E-state index in [2.05, 4.69) is 24.0 Å². The highest BCUT2D eigenvalue weighted by atomic mass is 16.2. The molecule has 0 aromatic heterocycles. The van der Waals surface area contributed by atoms with Gasteiger partial charge in [-0.25, -0.2) is 0 Å². The molecule has 0 unspecified atom stereocenters. The molecular weight excluding hydrogens is 248 g/mol. The van der Waals surface area contributed by atoms with Crippen LogP contribution in [-0.2, 0) is 11.2 Å². The predicted octanol–water partition coefficient (Wildman–Crippen LogP) is 2.09. The van der Waals surface area contributed by atoms with E-state index in [4.69, 9.17) is 0 Å². The van der Waals surface area contributed by atoms with Crippen LogP contribution in [0.25, 0.3) is 0 Å². The summed E-state index contributed by atoms with van der Waals surface area (Å²) in [6.45, 7) is 7.23. The number of carbonyl (C=O) groups is 1. The minimum atomic E-state index is 0.279. The van der Waals surface area contributed by atoms with Gasteiger partial charge in [0.25, 0.3) is 0 Å². The van der Waals surface area contributed by atoms with Gasteiger partial charge in [0.15, 0.2) is 0 Å². The van der Waals surface area contributed by atoms with Gasteiger partial charge in [0.05, 0.1) is 6.42 Å². The van der Waals surface area contributed by atoms with Crippen LogP contribution >= 0.6 is 0 Å². The first-order valence-corrected chi connectivity index (χ1v) is 7.76. The van der Waals surface area contributed by atoms with Crippen molar-refractivity contribution in [3.05, 3.63) is 35.4 Å². The molecule has 3 rings (SSSR count). The first-order chi connectivity index (χ1) is 9.70. The number of hydrogen-bond donors (Lipinski definition) is 0. The highest BCUT2D eigenvalue weighted by molar-refractivity contribution is 5.78. The molecule has 3 nitrogen and oxygen atoms in total. The molecule has 0 radical (unpaired) electrons. The lowest BCUT2D eigenvalue weighted by molar-refractivity contribution is -0.132. The Labute approximate surface area is 121 Å². The molecule has 0 spiro atoms. The van der Waals surface area contributed by atoms with Crippen molar-refractivity contribution in [2.24, 2.45) is 5.92 Å². The van der Waals surface area contributed by atoms with Crippen LogP contribution in [-0.4, -0.2) is 48.4 Å². The minimum Gasteiger partial charge on any atom is -0.340 e. The van der Waals surface area contributed by atoms with Crippen LogP contribution in [0.1, 0.15) is 24.0 Å². The fourth-order valence-corrected chi connectivity index (χ4v) is 2.95. The zero-order valence-electron chi connectivity index (χ0n) is 12.3. The third-order valence-electron chi connectivity index (χ3n) is 4.38. The van der Waals surface area contributed by atoms with Crippen molar-refractivity contribution < 1.29 is 4.79 Å². The van der Waals surface area contributed by atoms with Crippen molar-refractivity contribution in [1.82, 2.24) is 9.80 Å². The fraction of sp³-hybridized carbons (Fsp3) is 0.588. The Bertz CT molecular complexity index is 474. The average Bonchev–Trinajstić information content (AvgIpc) is 3.23. The molecular formula is C17H24N2O. The zero-order chi connectivity index (χ0) is 13.9. The third-order valence-corrected chi connectivity index (χ3v) is 4.38. The summed E-state index contributed by atoms with van der Waals surface area (Å²) in [5, 5.41) is 0. The van der Waals surface area contributed by atoms with Gasteiger partial charge < -0.3 is 4.90 Å². The highest BCUT2D eigenvalue weighted by Crippen LogP contribution is 2.29. The van der Waals surface area contributed by atoms with Gasteiger partial charge in [-0.05, 0) is 31.2 Å². The summed E-state index contributed by atoms with van der Waals surface area (Å²) in [7, 11) is 0. The van der Waals surface area contributed by atoms with Gasteiger partial charge >= 0.3 is 0 Å². The van der Waals surface area contributed by atoms with E-state index in [1.54, 1.807) is 0 Å². The Morgan fingerprint density at radius 2 is 1.95 bits per heavy atom. The summed E-state index contributed by atoms with van der Waals surface area (Å²) < 4.78 is 0. The number of carbonyl (C=O) groups excluding carboxylic acids is 1. The monoisotopic (exact) mass is 272 g/mol. The van der Waals surface area contributed by atoms with Gasteiger partial charge in [0, 0.05) is 32.7 Å². The molecule has 2 aliphatic rings. The third kappa shape index (κ3) is 3.60. The van der Waals surface area contributed by atoms with E-state index in [0.717, 1.165) is 37.7 Å². The first-order valence-electron chi connectivity index (χ1n) is 7.76. The van der Waals surface area contributed by atoms with Crippen LogP contribution in [0.4, 0.5) is 0 Å². The number of benzene rings is 1. The number of nitrogens with zero attached hydrogens (tertiary/aromatic N) is 2. The van der Waals surface area contributed by atoms with Gasteiger partial charge in [-0.2, -0.15) is 0 Å². The zero-order valence-corrected chi connectivity index (χ0v) is 12.3. The molecule has 1 amide bonds. The molecule has 1 aliphatic heterocycles. The summed E-state index contributed by atoms with van der Waals surface area (Å²) in [5.74, 6) is 1.23. The average molecular weight is 272 g/mol. The fourth-order valence-electron chi connectivity index (χ4n) is 2.95. The molecule has 0 atom stereocenters. The van der Waals surface area contributed by atoms with E-state index in [1.165, 1.54) is 24.9 Å². The van der Waals surface area contributed by atoms with Gasteiger partial charge in [0.1, 0.15) is 0 Å². The van der Waals surface area contributed by atoms with Gasteiger partial charge in [-0.1, -0.05) is 29.8 Å². The van der Waals surface area contributed by atoms with E-state index in [1.807, 2.05) is 17.0 Å². The Morgan fingerprint density at radius 3 is 2.60 bits per heavy atom. The van der Waals surface area contributed by atoms with Crippen molar-refractivity contribution in [3.8, 4) is 0 Å². The van der Waals surface area contributed by atoms with Crippen LogP contribution < -0.4 is 0 Å². The largest absolute Gasteiger partial charge is 0.340 e. The van der Waals surface area contributed by atoms with Crippen molar-refractivity contribution in [2.75, 3.05) is 32.7 Å². The van der Waals surface area contributed by atoms with Gasteiger partial charge in [-0.15, -0.1) is 0 Å². The molecule has 20 heavy (non-hydrogen) atoms. The molecule has 1 saturated heterocycles. The van der Waals surface area contributed by atoms with Crippen LogP contribution in [0.3, 0.4) is 0 Å². The normalized spacial score (nSPS) is 20.1. The molecule has 1 heterocycles. The quantitative estimate of drug-likeness (QED) is 0.838. The lowest BCUT2D eigenvalue weighted by atomic mass is 10.1. The minimum absolute atomic E-state index is 0.279. The van der Waals surface area contributed by atoms with E-state index in [-0.39, 0.29) is 5.91 Å². The summed E-state index contributed by atoms with van der Waals surface area (Å²) in [4.78, 5) is 16.9. The second-order valence-electron chi connectivity index (χ2n) is 6.29. The highest BCUT2D eigenvalue weighted by Gasteiger charge is 2.27. The van der Waals surface area contributed by atoms with Crippen molar-refractivity contribution in [3.63, 3.8) is 0 Å². The van der Waals surface area contributed by atoms with Crippen LogP contribution in [0, 0.1) is 12.8 Å². The molecule has 0 bridgehead atoms.